The van der Waals surface area contributed by atoms with Crippen molar-refractivity contribution >= 4 is 47.0 Å². The average Bonchev–Trinajstić information content (AvgIpc) is 3.20. The highest BCUT2D eigenvalue weighted by Crippen LogP contribution is 2.30. The summed E-state index contributed by atoms with van der Waals surface area (Å²) in [7, 11) is 1.62. The fraction of sp³-hybridized carbons (Fsp3) is 0.200. The van der Waals surface area contributed by atoms with Crippen LogP contribution in [0.15, 0.2) is 62.3 Å². The van der Waals surface area contributed by atoms with Crippen molar-refractivity contribution in [3.8, 4) is 5.75 Å². The second kappa shape index (κ2) is 11.0. The zero-order valence-electron chi connectivity index (χ0n) is 16.0. The maximum atomic E-state index is 11.9. The highest BCUT2D eigenvalue weighted by atomic mass is 32.2. The predicted molar refractivity (Wildman–Crippen MR) is 120 cm³/mol. The van der Waals surface area contributed by atoms with Crippen LogP contribution in [0.1, 0.15) is 16.7 Å². The standard InChI is InChI=1S/C20H20N4O2S3/c1-14-3-5-16(6-4-14)12-27-19-23-24-20(29-19)28-13-18(25)22-21-11-15-7-9-17(26-2)10-8-15/h3-11H,12-13H2,1-2H3,(H,22,25). The quantitative estimate of drug-likeness (QED) is 0.300. The number of amides is 1. The average molecular weight is 445 g/mol. The number of nitrogens with one attached hydrogen (secondary N) is 1. The van der Waals surface area contributed by atoms with Crippen molar-refractivity contribution in [1.82, 2.24) is 15.6 Å². The highest BCUT2D eigenvalue weighted by molar-refractivity contribution is 8.03. The smallest absolute Gasteiger partial charge is 0.250 e. The van der Waals surface area contributed by atoms with Gasteiger partial charge >= 0.3 is 0 Å². The van der Waals surface area contributed by atoms with E-state index in [1.54, 1.807) is 25.1 Å². The molecule has 0 radical (unpaired) electrons. The fourth-order valence-electron chi connectivity index (χ4n) is 2.17. The molecule has 0 bridgehead atoms. The minimum Gasteiger partial charge on any atom is -0.497 e. The molecule has 0 aliphatic rings. The number of aryl methyl sites for hydroxylation is 1. The van der Waals surface area contributed by atoms with Gasteiger partial charge in [-0.2, -0.15) is 5.10 Å². The second-order valence-corrected chi connectivity index (χ2v) is 9.39. The van der Waals surface area contributed by atoms with Crippen LogP contribution in [0.25, 0.3) is 0 Å². The number of thioether (sulfide) groups is 2. The molecule has 0 spiro atoms. The van der Waals surface area contributed by atoms with Gasteiger partial charge in [-0.3, -0.25) is 4.79 Å². The Kier molecular flexibility index (Phi) is 8.09. The first kappa shape index (κ1) is 21.4. The van der Waals surface area contributed by atoms with E-state index >= 15 is 0 Å². The summed E-state index contributed by atoms with van der Waals surface area (Å²) in [4.78, 5) is 11.9. The third-order valence-electron chi connectivity index (χ3n) is 3.72. The molecule has 1 heterocycles. The van der Waals surface area contributed by atoms with Gasteiger partial charge in [0.1, 0.15) is 5.75 Å². The van der Waals surface area contributed by atoms with Gasteiger partial charge in [-0.05, 0) is 42.3 Å². The van der Waals surface area contributed by atoms with E-state index in [-0.39, 0.29) is 11.7 Å². The summed E-state index contributed by atoms with van der Waals surface area (Å²) in [6.45, 7) is 2.08. The zero-order chi connectivity index (χ0) is 20.5. The summed E-state index contributed by atoms with van der Waals surface area (Å²) in [5.41, 5.74) is 5.89. The number of methoxy groups -OCH3 is 1. The molecule has 29 heavy (non-hydrogen) atoms. The first-order chi connectivity index (χ1) is 14.1. The van der Waals surface area contributed by atoms with Crippen LogP contribution >= 0.6 is 34.9 Å². The molecule has 1 amide bonds. The van der Waals surface area contributed by atoms with Crippen molar-refractivity contribution < 1.29 is 9.53 Å². The van der Waals surface area contributed by atoms with Crippen LogP contribution < -0.4 is 10.2 Å². The Morgan fingerprint density at radius 2 is 1.79 bits per heavy atom. The van der Waals surface area contributed by atoms with E-state index in [0.717, 1.165) is 25.7 Å². The molecule has 0 saturated heterocycles. The number of ether oxygens (including phenoxy) is 1. The number of benzene rings is 2. The summed E-state index contributed by atoms with van der Waals surface area (Å²) in [6, 6.07) is 15.8. The van der Waals surface area contributed by atoms with Crippen LogP contribution in [0.2, 0.25) is 0 Å². The molecule has 150 valence electrons. The SMILES string of the molecule is COc1ccc(C=NNC(=O)CSc2nnc(SCc3ccc(C)cc3)s2)cc1. The molecular weight excluding hydrogens is 424 g/mol. The van der Waals surface area contributed by atoms with Crippen molar-refractivity contribution in [3.05, 3.63) is 65.2 Å². The molecule has 0 unspecified atom stereocenters. The van der Waals surface area contributed by atoms with Gasteiger partial charge in [-0.15, -0.1) is 10.2 Å². The molecule has 1 N–H and O–H groups in total. The molecule has 0 atom stereocenters. The van der Waals surface area contributed by atoms with Crippen molar-refractivity contribution in [2.24, 2.45) is 5.10 Å². The monoisotopic (exact) mass is 444 g/mol. The molecule has 2 aromatic carbocycles. The lowest BCUT2D eigenvalue weighted by Crippen LogP contribution is -2.19. The molecule has 6 nitrogen and oxygen atoms in total. The molecule has 0 aliphatic carbocycles. The maximum Gasteiger partial charge on any atom is 0.250 e. The van der Waals surface area contributed by atoms with Crippen LogP contribution in [0, 0.1) is 6.92 Å². The van der Waals surface area contributed by atoms with Gasteiger partial charge in [0.2, 0.25) is 0 Å². The summed E-state index contributed by atoms with van der Waals surface area (Å²) in [5.74, 6) is 1.66. The van der Waals surface area contributed by atoms with Crippen LogP contribution in [0.5, 0.6) is 5.75 Å². The summed E-state index contributed by atoms with van der Waals surface area (Å²) in [5, 5.41) is 12.3. The van der Waals surface area contributed by atoms with E-state index in [1.807, 2.05) is 24.3 Å². The molecular formula is C20H20N4O2S3. The summed E-state index contributed by atoms with van der Waals surface area (Å²) < 4.78 is 6.76. The normalized spacial score (nSPS) is 11.0. The van der Waals surface area contributed by atoms with Gasteiger partial charge < -0.3 is 4.74 Å². The van der Waals surface area contributed by atoms with Crippen molar-refractivity contribution in [2.45, 2.75) is 21.4 Å². The van der Waals surface area contributed by atoms with Gasteiger partial charge in [-0.1, -0.05) is 64.7 Å². The minimum absolute atomic E-state index is 0.191. The first-order valence-electron chi connectivity index (χ1n) is 8.73. The Morgan fingerprint density at radius 1 is 1.10 bits per heavy atom. The number of hydrazone groups is 1. The third kappa shape index (κ3) is 7.19. The zero-order valence-corrected chi connectivity index (χ0v) is 18.4. The van der Waals surface area contributed by atoms with Gasteiger partial charge in [0.25, 0.3) is 5.91 Å². The fourth-order valence-corrected chi connectivity index (χ4v) is 4.94. The lowest BCUT2D eigenvalue weighted by atomic mass is 10.2. The third-order valence-corrected chi connectivity index (χ3v) is 6.98. The van der Waals surface area contributed by atoms with Crippen molar-refractivity contribution in [1.29, 1.82) is 0 Å². The Hall–Kier alpha value is -2.36. The molecule has 1 aromatic heterocycles. The lowest BCUT2D eigenvalue weighted by molar-refractivity contribution is -0.118. The number of aromatic nitrogens is 2. The second-order valence-electron chi connectivity index (χ2n) is 5.96. The first-order valence-corrected chi connectivity index (χ1v) is 11.5. The Balaban J connectivity index is 1.39. The number of nitrogens with zero attached hydrogens (tertiary/aromatic N) is 3. The van der Waals surface area contributed by atoms with E-state index in [9.17, 15) is 4.79 Å². The van der Waals surface area contributed by atoms with Crippen molar-refractivity contribution in [3.63, 3.8) is 0 Å². The van der Waals surface area contributed by atoms with Gasteiger partial charge in [0, 0.05) is 5.75 Å². The van der Waals surface area contributed by atoms with E-state index in [1.165, 1.54) is 34.2 Å². The Bertz CT molecular complexity index is 957. The molecule has 3 aromatic rings. The minimum atomic E-state index is -0.191. The van der Waals surface area contributed by atoms with Gasteiger partial charge in [-0.25, -0.2) is 5.43 Å². The number of carbonyl (C=O) groups is 1. The van der Waals surface area contributed by atoms with Crippen LogP contribution in [-0.2, 0) is 10.5 Å². The molecule has 0 fully saturated rings. The topological polar surface area (TPSA) is 76.5 Å². The predicted octanol–water partition coefficient (Wildman–Crippen LogP) is 4.39. The molecule has 0 saturated carbocycles. The number of hydrogen-bond acceptors (Lipinski definition) is 8. The van der Waals surface area contributed by atoms with E-state index in [4.69, 9.17) is 4.74 Å². The van der Waals surface area contributed by atoms with Crippen LogP contribution in [0.3, 0.4) is 0 Å². The number of hydrogen-bond donors (Lipinski definition) is 1. The Labute approximate surface area is 182 Å². The summed E-state index contributed by atoms with van der Waals surface area (Å²) in [6.07, 6.45) is 1.59. The highest BCUT2D eigenvalue weighted by Gasteiger charge is 2.08. The van der Waals surface area contributed by atoms with Crippen LogP contribution in [-0.4, -0.2) is 35.2 Å². The van der Waals surface area contributed by atoms with E-state index < -0.39 is 0 Å². The number of carbonyl (C=O) groups excluding carboxylic acids is 1. The summed E-state index contributed by atoms with van der Waals surface area (Å²) >= 11 is 4.50. The van der Waals surface area contributed by atoms with E-state index in [0.29, 0.717) is 0 Å². The largest absolute Gasteiger partial charge is 0.497 e. The van der Waals surface area contributed by atoms with E-state index in [2.05, 4.69) is 51.9 Å². The molecule has 0 aliphatic heterocycles. The van der Waals surface area contributed by atoms with Crippen molar-refractivity contribution in [2.75, 3.05) is 12.9 Å². The van der Waals surface area contributed by atoms with Gasteiger partial charge in [0.05, 0.1) is 19.1 Å². The van der Waals surface area contributed by atoms with Crippen LogP contribution in [0.4, 0.5) is 0 Å². The molecule has 3 rings (SSSR count). The number of rotatable bonds is 9. The lowest BCUT2D eigenvalue weighted by Gasteiger charge is -2.00. The maximum absolute atomic E-state index is 11.9. The Morgan fingerprint density at radius 3 is 2.48 bits per heavy atom. The van der Waals surface area contributed by atoms with Gasteiger partial charge in [0.15, 0.2) is 8.68 Å². The molecule has 9 heteroatoms.